The van der Waals surface area contributed by atoms with Gasteiger partial charge in [-0.25, -0.2) is 0 Å². The molecule has 1 aromatic rings. The number of ether oxygens (including phenoxy) is 1. The van der Waals surface area contributed by atoms with Crippen LogP contribution >= 0.6 is 11.8 Å². The Morgan fingerprint density at radius 3 is 2.77 bits per heavy atom. The van der Waals surface area contributed by atoms with Gasteiger partial charge in [-0.3, -0.25) is 4.99 Å². The lowest BCUT2D eigenvalue weighted by atomic mass is 9.89. The van der Waals surface area contributed by atoms with Gasteiger partial charge in [0.2, 0.25) is 0 Å². The van der Waals surface area contributed by atoms with Crippen LogP contribution in [0.2, 0.25) is 0 Å². The third kappa shape index (κ3) is 5.65. The zero-order chi connectivity index (χ0) is 18.2. The van der Waals surface area contributed by atoms with E-state index < -0.39 is 0 Å². The maximum absolute atomic E-state index is 6.14. The topological polar surface area (TPSA) is 45.7 Å². The first kappa shape index (κ1) is 19.6. The molecule has 3 rings (SSSR count). The third-order valence-corrected chi connectivity index (χ3v) is 6.60. The molecule has 2 aliphatic rings. The second-order valence-corrected chi connectivity index (χ2v) is 8.75. The number of nitrogens with zero attached hydrogens (tertiary/aromatic N) is 1. The Balaban J connectivity index is 1.60. The lowest BCUT2D eigenvalue weighted by Gasteiger charge is -2.31. The van der Waals surface area contributed by atoms with Gasteiger partial charge in [0.05, 0.1) is 6.10 Å². The average Bonchev–Trinajstić information content (AvgIpc) is 3.19. The molecular formula is C21H33N3OS. The minimum absolute atomic E-state index is 0.168. The van der Waals surface area contributed by atoms with Crippen molar-refractivity contribution in [2.75, 3.05) is 32.0 Å². The number of benzene rings is 1. The summed E-state index contributed by atoms with van der Waals surface area (Å²) in [6.07, 6.45) is 5.15. The summed E-state index contributed by atoms with van der Waals surface area (Å²) in [5, 5.41) is 7.67. The number of aliphatic imine (C=N–C) groups is 1. The number of hydrogen-bond donors (Lipinski definition) is 2. The van der Waals surface area contributed by atoms with Gasteiger partial charge in [0.1, 0.15) is 0 Å². The fourth-order valence-corrected chi connectivity index (χ4v) is 4.92. The van der Waals surface area contributed by atoms with E-state index in [0.29, 0.717) is 5.92 Å². The van der Waals surface area contributed by atoms with Gasteiger partial charge in [-0.1, -0.05) is 29.8 Å². The summed E-state index contributed by atoms with van der Waals surface area (Å²) < 4.78 is 6.14. The van der Waals surface area contributed by atoms with E-state index in [1.807, 2.05) is 0 Å². The van der Waals surface area contributed by atoms with Gasteiger partial charge in [-0.2, -0.15) is 11.8 Å². The molecule has 0 radical (unpaired) electrons. The average molecular weight is 376 g/mol. The van der Waals surface area contributed by atoms with Crippen LogP contribution < -0.4 is 10.6 Å². The lowest BCUT2D eigenvalue weighted by Crippen LogP contribution is -2.40. The molecule has 0 amide bonds. The maximum atomic E-state index is 6.14. The molecule has 0 aliphatic carbocycles. The van der Waals surface area contributed by atoms with Crippen molar-refractivity contribution in [3.05, 3.63) is 35.4 Å². The summed E-state index contributed by atoms with van der Waals surface area (Å²) in [4.78, 5) is 4.90. The largest absolute Gasteiger partial charge is 0.373 e. The van der Waals surface area contributed by atoms with Crippen LogP contribution in [-0.4, -0.2) is 43.2 Å². The lowest BCUT2D eigenvalue weighted by molar-refractivity contribution is -0.0250. The van der Waals surface area contributed by atoms with Crippen molar-refractivity contribution >= 4 is 17.7 Å². The molecule has 2 aliphatic heterocycles. The Bertz CT molecular complexity index is 569. The number of nitrogens with one attached hydrogen (secondary N) is 2. The molecule has 144 valence electrons. The van der Waals surface area contributed by atoms with Crippen LogP contribution in [0.5, 0.6) is 0 Å². The second-order valence-electron chi connectivity index (χ2n) is 7.34. The van der Waals surface area contributed by atoms with E-state index in [9.17, 15) is 0 Å². The molecule has 26 heavy (non-hydrogen) atoms. The Hall–Kier alpha value is -1.20. The van der Waals surface area contributed by atoms with E-state index in [-0.39, 0.29) is 6.10 Å². The summed E-state index contributed by atoms with van der Waals surface area (Å²) in [5.41, 5.74) is 2.58. The van der Waals surface area contributed by atoms with Crippen LogP contribution in [0.1, 0.15) is 49.8 Å². The normalized spacial score (nSPS) is 26.7. The molecule has 2 fully saturated rings. The van der Waals surface area contributed by atoms with E-state index in [1.165, 1.54) is 36.1 Å². The summed E-state index contributed by atoms with van der Waals surface area (Å²) in [7, 11) is 0. The first-order valence-electron chi connectivity index (χ1n) is 10.1. The molecule has 0 saturated carbocycles. The molecule has 5 heteroatoms. The molecule has 3 atom stereocenters. The van der Waals surface area contributed by atoms with E-state index in [1.54, 1.807) is 0 Å². The molecular weight excluding hydrogens is 342 g/mol. The molecule has 0 bridgehead atoms. The van der Waals surface area contributed by atoms with Crippen LogP contribution in [0.25, 0.3) is 0 Å². The highest BCUT2D eigenvalue weighted by molar-refractivity contribution is 8.00. The van der Waals surface area contributed by atoms with Crippen LogP contribution in [-0.2, 0) is 4.74 Å². The fourth-order valence-electron chi connectivity index (χ4n) is 3.72. The molecule has 2 N–H and O–H groups in total. The van der Waals surface area contributed by atoms with Crippen molar-refractivity contribution in [1.29, 1.82) is 0 Å². The molecule has 1 aromatic carbocycles. The molecule has 0 aromatic heterocycles. The number of hydrogen-bond acceptors (Lipinski definition) is 3. The predicted octanol–water partition coefficient (Wildman–Crippen LogP) is 3.91. The molecule has 2 saturated heterocycles. The van der Waals surface area contributed by atoms with Crippen molar-refractivity contribution in [3.63, 3.8) is 0 Å². The van der Waals surface area contributed by atoms with Crippen molar-refractivity contribution in [1.82, 2.24) is 10.6 Å². The van der Waals surface area contributed by atoms with E-state index in [0.717, 1.165) is 43.9 Å². The zero-order valence-electron chi connectivity index (χ0n) is 16.2. The monoisotopic (exact) mass is 375 g/mol. The summed E-state index contributed by atoms with van der Waals surface area (Å²) in [6.45, 7) is 7.83. The first-order chi connectivity index (χ1) is 12.8. The standard InChI is InChI=1S/C21H33N3OS/c1-3-22-21(24-15-19-7-5-13-26-19)23-14-18-6-4-12-25-20(18)17-10-8-16(2)9-11-17/h8-11,18-20H,3-7,12-15H2,1-2H3,(H2,22,23,24). The Labute approximate surface area is 162 Å². The minimum Gasteiger partial charge on any atom is -0.373 e. The van der Waals surface area contributed by atoms with Crippen LogP contribution in [0.3, 0.4) is 0 Å². The number of aryl methyl sites for hydroxylation is 1. The van der Waals surface area contributed by atoms with Gasteiger partial charge in [-0.05, 0) is 50.8 Å². The quantitative estimate of drug-likeness (QED) is 0.584. The van der Waals surface area contributed by atoms with Crippen LogP contribution in [0, 0.1) is 12.8 Å². The Morgan fingerprint density at radius 1 is 1.19 bits per heavy atom. The van der Waals surface area contributed by atoms with Crippen molar-refractivity contribution in [2.45, 2.75) is 50.9 Å². The Morgan fingerprint density at radius 2 is 2.04 bits per heavy atom. The molecule has 4 nitrogen and oxygen atoms in total. The fraction of sp³-hybridized carbons (Fsp3) is 0.667. The highest BCUT2D eigenvalue weighted by Gasteiger charge is 2.27. The Kier molecular flexibility index (Phi) is 7.69. The smallest absolute Gasteiger partial charge is 0.191 e. The van der Waals surface area contributed by atoms with E-state index in [4.69, 9.17) is 9.73 Å². The van der Waals surface area contributed by atoms with E-state index in [2.05, 4.69) is 60.5 Å². The summed E-state index contributed by atoms with van der Waals surface area (Å²) in [5.74, 6) is 2.70. The first-order valence-corrected chi connectivity index (χ1v) is 11.1. The number of guanidine groups is 1. The number of thioether (sulfide) groups is 1. The molecule has 3 unspecified atom stereocenters. The van der Waals surface area contributed by atoms with Gasteiger partial charge in [0, 0.05) is 37.4 Å². The predicted molar refractivity (Wildman–Crippen MR) is 112 cm³/mol. The van der Waals surface area contributed by atoms with Crippen molar-refractivity contribution < 1.29 is 4.74 Å². The van der Waals surface area contributed by atoms with E-state index >= 15 is 0 Å². The van der Waals surface area contributed by atoms with Crippen LogP contribution in [0.15, 0.2) is 29.3 Å². The maximum Gasteiger partial charge on any atom is 0.191 e. The number of rotatable bonds is 6. The van der Waals surface area contributed by atoms with Gasteiger partial charge >= 0.3 is 0 Å². The van der Waals surface area contributed by atoms with Gasteiger partial charge < -0.3 is 15.4 Å². The van der Waals surface area contributed by atoms with Crippen molar-refractivity contribution in [3.8, 4) is 0 Å². The SMILES string of the molecule is CCNC(=NCC1CCCOC1c1ccc(C)cc1)NCC1CCCS1. The minimum atomic E-state index is 0.168. The van der Waals surface area contributed by atoms with Crippen LogP contribution in [0.4, 0.5) is 0 Å². The summed E-state index contributed by atoms with van der Waals surface area (Å²) in [6, 6.07) is 8.78. The van der Waals surface area contributed by atoms with Crippen molar-refractivity contribution in [2.24, 2.45) is 10.9 Å². The highest BCUT2D eigenvalue weighted by Crippen LogP contribution is 2.34. The van der Waals surface area contributed by atoms with Gasteiger partial charge in [-0.15, -0.1) is 0 Å². The molecule has 2 heterocycles. The second kappa shape index (κ2) is 10.2. The van der Waals surface area contributed by atoms with Gasteiger partial charge in [0.15, 0.2) is 5.96 Å². The highest BCUT2D eigenvalue weighted by atomic mass is 32.2. The molecule has 0 spiro atoms. The third-order valence-electron chi connectivity index (χ3n) is 5.20. The summed E-state index contributed by atoms with van der Waals surface area (Å²) >= 11 is 2.08. The van der Waals surface area contributed by atoms with Gasteiger partial charge in [0.25, 0.3) is 0 Å². The zero-order valence-corrected chi connectivity index (χ0v) is 17.0.